The van der Waals surface area contributed by atoms with E-state index >= 15 is 0 Å². The first-order chi connectivity index (χ1) is 13.0. The van der Waals surface area contributed by atoms with Crippen molar-refractivity contribution in [3.05, 3.63) is 63.8 Å². The zero-order chi connectivity index (χ0) is 19.1. The van der Waals surface area contributed by atoms with Gasteiger partial charge in [-0.25, -0.2) is 4.98 Å². The quantitative estimate of drug-likeness (QED) is 0.605. The van der Waals surface area contributed by atoms with Gasteiger partial charge in [-0.1, -0.05) is 41.4 Å². The lowest BCUT2D eigenvalue weighted by molar-refractivity contribution is -0.120. The van der Waals surface area contributed by atoms with Crippen molar-refractivity contribution in [3.63, 3.8) is 0 Å². The molecule has 1 atom stereocenters. The van der Waals surface area contributed by atoms with Crippen LogP contribution >= 0.6 is 23.2 Å². The van der Waals surface area contributed by atoms with Gasteiger partial charge in [-0.15, -0.1) is 0 Å². The molecule has 0 spiro atoms. The fourth-order valence-electron chi connectivity index (χ4n) is 3.58. The van der Waals surface area contributed by atoms with Gasteiger partial charge in [0.15, 0.2) is 12.4 Å². The SMILES string of the molecule is Cc1ccc2c(Cl)cc(Cl)c(OCC(=O)N3c4ccccc4C[C@H]3C)c2n1. The maximum absolute atomic E-state index is 12.9. The first kappa shape index (κ1) is 18.1. The van der Waals surface area contributed by atoms with Crippen LogP contribution in [0.1, 0.15) is 18.2 Å². The standard InChI is InChI=1S/C21H18Cl2N2O2/c1-12-7-8-15-16(22)10-17(23)21(20(15)24-12)27-11-19(26)25-13(2)9-14-5-3-4-6-18(14)25/h3-8,10,13H,9,11H2,1-2H3/t13-/m1/s1. The van der Waals surface area contributed by atoms with Crippen LogP contribution in [0.2, 0.25) is 10.0 Å². The minimum Gasteiger partial charge on any atom is -0.480 e. The maximum atomic E-state index is 12.9. The summed E-state index contributed by atoms with van der Waals surface area (Å²) in [6, 6.07) is 13.4. The molecule has 1 aromatic heterocycles. The molecule has 2 heterocycles. The summed E-state index contributed by atoms with van der Waals surface area (Å²) in [4.78, 5) is 19.2. The van der Waals surface area contributed by atoms with E-state index in [0.29, 0.717) is 21.3 Å². The zero-order valence-electron chi connectivity index (χ0n) is 15.0. The van der Waals surface area contributed by atoms with Gasteiger partial charge < -0.3 is 9.64 Å². The normalized spacial score (nSPS) is 15.9. The van der Waals surface area contributed by atoms with Gasteiger partial charge in [-0.3, -0.25) is 4.79 Å². The predicted molar refractivity (Wildman–Crippen MR) is 109 cm³/mol. The predicted octanol–water partition coefficient (Wildman–Crippen LogP) is 5.21. The van der Waals surface area contributed by atoms with Gasteiger partial charge >= 0.3 is 0 Å². The molecule has 4 rings (SSSR count). The number of halogens is 2. The van der Waals surface area contributed by atoms with Gasteiger partial charge in [0.05, 0.1) is 10.0 Å². The van der Waals surface area contributed by atoms with Crippen molar-refractivity contribution in [2.75, 3.05) is 11.5 Å². The third-order valence-corrected chi connectivity index (χ3v) is 5.39. The third kappa shape index (κ3) is 3.24. The van der Waals surface area contributed by atoms with Crippen LogP contribution in [0.3, 0.4) is 0 Å². The molecule has 6 heteroatoms. The van der Waals surface area contributed by atoms with Gasteiger partial charge in [0.1, 0.15) is 5.52 Å². The first-order valence-corrected chi connectivity index (χ1v) is 9.49. The monoisotopic (exact) mass is 400 g/mol. The molecule has 2 aromatic carbocycles. The van der Waals surface area contributed by atoms with Crippen LogP contribution in [0.15, 0.2) is 42.5 Å². The Kier molecular flexibility index (Phi) is 4.70. The van der Waals surface area contributed by atoms with Gasteiger partial charge in [-0.2, -0.15) is 0 Å². The Morgan fingerprint density at radius 1 is 1.22 bits per heavy atom. The highest BCUT2D eigenvalue weighted by Crippen LogP contribution is 2.38. The minimum atomic E-state index is -0.120. The molecule has 27 heavy (non-hydrogen) atoms. The summed E-state index contributed by atoms with van der Waals surface area (Å²) in [6.45, 7) is 3.80. The number of anilines is 1. The Labute approximate surface area is 167 Å². The third-order valence-electron chi connectivity index (χ3n) is 4.79. The summed E-state index contributed by atoms with van der Waals surface area (Å²) < 4.78 is 5.85. The molecular formula is C21H18Cl2N2O2. The molecule has 0 N–H and O–H groups in total. The molecule has 0 aliphatic carbocycles. The number of carbonyl (C=O) groups excluding carboxylic acids is 1. The van der Waals surface area contributed by atoms with Gasteiger partial charge in [0, 0.05) is 22.8 Å². The van der Waals surface area contributed by atoms with Gasteiger partial charge in [-0.05, 0) is 50.1 Å². The minimum absolute atomic E-state index is 0.0938. The zero-order valence-corrected chi connectivity index (χ0v) is 16.5. The number of para-hydroxylation sites is 1. The van der Waals surface area contributed by atoms with E-state index in [0.717, 1.165) is 23.2 Å². The fourth-order valence-corrected chi connectivity index (χ4v) is 4.15. The van der Waals surface area contributed by atoms with Crippen molar-refractivity contribution in [2.45, 2.75) is 26.3 Å². The summed E-state index contributed by atoms with van der Waals surface area (Å²) in [5.41, 5.74) is 3.50. The van der Waals surface area contributed by atoms with Crippen LogP contribution in [0.25, 0.3) is 10.9 Å². The average Bonchev–Trinajstić information content (AvgIpc) is 2.96. The number of nitrogens with zero attached hydrogens (tertiary/aromatic N) is 2. The number of carbonyl (C=O) groups is 1. The molecular weight excluding hydrogens is 383 g/mol. The van der Waals surface area contributed by atoms with Crippen molar-refractivity contribution in [2.24, 2.45) is 0 Å². The summed E-state index contributed by atoms with van der Waals surface area (Å²) in [7, 11) is 0. The lowest BCUT2D eigenvalue weighted by atomic mass is 10.1. The van der Waals surface area contributed by atoms with Crippen molar-refractivity contribution >= 4 is 45.7 Å². The van der Waals surface area contributed by atoms with E-state index in [1.165, 1.54) is 5.56 Å². The van der Waals surface area contributed by atoms with E-state index in [4.69, 9.17) is 27.9 Å². The van der Waals surface area contributed by atoms with E-state index in [1.807, 2.05) is 44.2 Å². The summed E-state index contributed by atoms with van der Waals surface area (Å²) in [5.74, 6) is 0.271. The second-order valence-corrected chi connectivity index (χ2v) is 7.57. The Morgan fingerprint density at radius 3 is 2.81 bits per heavy atom. The molecule has 1 aliphatic rings. The van der Waals surface area contributed by atoms with Crippen molar-refractivity contribution in [3.8, 4) is 5.75 Å². The number of ether oxygens (including phenoxy) is 1. The summed E-state index contributed by atoms with van der Waals surface area (Å²) in [5, 5.41) is 1.59. The molecule has 4 nitrogen and oxygen atoms in total. The highest BCUT2D eigenvalue weighted by atomic mass is 35.5. The van der Waals surface area contributed by atoms with Crippen LogP contribution < -0.4 is 9.64 Å². The number of benzene rings is 2. The largest absolute Gasteiger partial charge is 0.480 e. The summed E-state index contributed by atoms with van der Waals surface area (Å²) in [6.07, 6.45) is 0.841. The lowest BCUT2D eigenvalue weighted by Crippen LogP contribution is -2.39. The van der Waals surface area contributed by atoms with Crippen LogP contribution in [0, 0.1) is 6.92 Å². The number of fused-ring (bicyclic) bond motifs is 2. The highest BCUT2D eigenvalue weighted by molar-refractivity contribution is 6.39. The number of aryl methyl sites for hydroxylation is 1. The Morgan fingerprint density at radius 2 is 2.00 bits per heavy atom. The number of amides is 1. The van der Waals surface area contributed by atoms with Crippen molar-refractivity contribution in [1.29, 1.82) is 0 Å². The Balaban J connectivity index is 1.63. The average molecular weight is 401 g/mol. The molecule has 1 aliphatic heterocycles. The second-order valence-electron chi connectivity index (χ2n) is 6.75. The molecule has 0 unspecified atom stereocenters. The van der Waals surface area contributed by atoms with Crippen molar-refractivity contribution in [1.82, 2.24) is 4.98 Å². The second kappa shape index (κ2) is 7.02. The van der Waals surface area contributed by atoms with E-state index < -0.39 is 0 Å². The molecule has 3 aromatic rings. The number of hydrogen-bond acceptors (Lipinski definition) is 3. The van der Waals surface area contributed by atoms with Gasteiger partial charge in [0.25, 0.3) is 5.91 Å². The Hall–Kier alpha value is -2.30. The fraction of sp³-hybridized carbons (Fsp3) is 0.238. The van der Waals surface area contributed by atoms with E-state index in [1.54, 1.807) is 11.0 Å². The molecule has 0 bridgehead atoms. The van der Waals surface area contributed by atoms with E-state index in [2.05, 4.69) is 11.1 Å². The smallest absolute Gasteiger partial charge is 0.265 e. The van der Waals surface area contributed by atoms with Crippen LogP contribution in [0.5, 0.6) is 5.75 Å². The molecule has 138 valence electrons. The number of rotatable bonds is 3. The topological polar surface area (TPSA) is 42.4 Å². The highest BCUT2D eigenvalue weighted by Gasteiger charge is 2.31. The molecule has 0 radical (unpaired) electrons. The number of aromatic nitrogens is 1. The number of pyridine rings is 1. The maximum Gasteiger partial charge on any atom is 0.265 e. The van der Waals surface area contributed by atoms with E-state index in [9.17, 15) is 4.79 Å². The van der Waals surface area contributed by atoms with E-state index in [-0.39, 0.29) is 18.6 Å². The first-order valence-electron chi connectivity index (χ1n) is 8.74. The van der Waals surface area contributed by atoms with Crippen LogP contribution in [0.4, 0.5) is 5.69 Å². The summed E-state index contributed by atoms with van der Waals surface area (Å²) >= 11 is 12.6. The molecule has 0 saturated carbocycles. The van der Waals surface area contributed by atoms with Gasteiger partial charge in [0.2, 0.25) is 0 Å². The van der Waals surface area contributed by atoms with Crippen LogP contribution in [-0.4, -0.2) is 23.5 Å². The number of hydrogen-bond donors (Lipinski definition) is 0. The van der Waals surface area contributed by atoms with Crippen molar-refractivity contribution < 1.29 is 9.53 Å². The lowest BCUT2D eigenvalue weighted by Gasteiger charge is -2.23. The molecule has 1 amide bonds. The van der Waals surface area contributed by atoms with Crippen LogP contribution in [-0.2, 0) is 11.2 Å². The Bertz CT molecular complexity index is 1050. The molecule has 0 fully saturated rings. The molecule has 0 saturated heterocycles.